The monoisotopic (exact) mass is 254 g/mol. The van der Waals surface area contributed by atoms with Gasteiger partial charge in [0, 0.05) is 0 Å². The zero-order chi connectivity index (χ0) is 10.4. The van der Waals surface area contributed by atoms with E-state index in [1.165, 1.54) is 11.1 Å². The molecular formula is C12H15BrO. The highest BCUT2D eigenvalue weighted by Crippen LogP contribution is 2.20. The minimum atomic E-state index is 0.786. The minimum absolute atomic E-state index is 0.786. The predicted octanol–water partition coefficient (Wildman–Crippen LogP) is 4.15. The molecule has 0 spiro atoms. The van der Waals surface area contributed by atoms with E-state index in [-0.39, 0.29) is 0 Å². The number of hydrogen-bond donors (Lipinski definition) is 0. The van der Waals surface area contributed by atoms with Crippen LogP contribution < -0.4 is 4.74 Å². The smallest absolute Gasteiger partial charge is 0.122 e. The van der Waals surface area contributed by atoms with Gasteiger partial charge in [0.1, 0.15) is 5.75 Å². The average molecular weight is 255 g/mol. The highest BCUT2D eigenvalue weighted by molar-refractivity contribution is 9.11. The van der Waals surface area contributed by atoms with E-state index in [0.29, 0.717) is 0 Å². The Bertz CT molecular complexity index is 318. The molecular weight excluding hydrogens is 240 g/mol. The Morgan fingerprint density at radius 3 is 2.79 bits per heavy atom. The van der Waals surface area contributed by atoms with Crippen LogP contribution in [-0.2, 0) is 0 Å². The Balaban J connectivity index is 2.79. The molecule has 1 nitrogen and oxygen atoms in total. The van der Waals surface area contributed by atoms with E-state index < -0.39 is 0 Å². The first-order valence-corrected chi connectivity index (χ1v) is 5.69. The Kier molecular flexibility index (Phi) is 4.74. The van der Waals surface area contributed by atoms with E-state index in [4.69, 9.17) is 4.74 Å². The summed E-state index contributed by atoms with van der Waals surface area (Å²) in [4.78, 5) is 1.86. The lowest BCUT2D eigenvalue weighted by atomic mass is 10.1. The maximum Gasteiger partial charge on any atom is 0.122 e. The van der Waals surface area contributed by atoms with E-state index in [0.717, 1.165) is 18.8 Å². The zero-order valence-electron chi connectivity index (χ0n) is 8.59. The van der Waals surface area contributed by atoms with Gasteiger partial charge in [-0.25, -0.2) is 0 Å². The van der Waals surface area contributed by atoms with Crippen LogP contribution in [0.4, 0.5) is 0 Å². The summed E-state index contributed by atoms with van der Waals surface area (Å²) in [7, 11) is 0. The van der Waals surface area contributed by atoms with Gasteiger partial charge in [0.2, 0.25) is 0 Å². The molecule has 0 atom stereocenters. The van der Waals surface area contributed by atoms with E-state index in [1.807, 2.05) is 17.1 Å². The topological polar surface area (TPSA) is 9.23 Å². The van der Waals surface area contributed by atoms with Crippen LogP contribution >= 0.6 is 15.9 Å². The molecule has 0 radical (unpaired) electrons. The third-order valence-corrected chi connectivity index (χ3v) is 2.18. The zero-order valence-corrected chi connectivity index (χ0v) is 10.2. The van der Waals surface area contributed by atoms with E-state index >= 15 is 0 Å². The lowest BCUT2D eigenvalue weighted by Gasteiger charge is -2.08. The standard InChI is InChI=1S/C12H15BrO/c1-3-8-14-12-5-4-11(6-7-13)9-10(12)2/h4-7,9H,3,8H2,1-2H3/b7-6+. The van der Waals surface area contributed by atoms with Gasteiger partial charge in [0.15, 0.2) is 0 Å². The molecule has 1 aromatic rings. The van der Waals surface area contributed by atoms with Crippen molar-refractivity contribution in [3.8, 4) is 5.75 Å². The molecule has 2 heteroatoms. The fourth-order valence-corrected chi connectivity index (χ4v) is 1.53. The Morgan fingerprint density at radius 1 is 1.43 bits per heavy atom. The maximum absolute atomic E-state index is 5.58. The van der Waals surface area contributed by atoms with E-state index in [1.54, 1.807) is 0 Å². The Hall–Kier alpha value is -0.760. The van der Waals surface area contributed by atoms with Gasteiger partial charge >= 0.3 is 0 Å². The van der Waals surface area contributed by atoms with Gasteiger partial charge in [-0.3, -0.25) is 0 Å². The lowest BCUT2D eigenvalue weighted by molar-refractivity contribution is 0.315. The summed E-state index contributed by atoms with van der Waals surface area (Å²) >= 11 is 3.26. The van der Waals surface area contributed by atoms with Gasteiger partial charge < -0.3 is 4.74 Å². The second-order valence-electron chi connectivity index (χ2n) is 3.17. The first kappa shape index (κ1) is 11.3. The normalized spacial score (nSPS) is 10.8. The SMILES string of the molecule is CCCOc1ccc(/C=C/Br)cc1C. The average Bonchev–Trinajstić information content (AvgIpc) is 2.17. The summed E-state index contributed by atoms with van der Waals surface area (Å²) in [6, 6.07) is 6.19. The minimum Gasteiger partial charge on any atom is -0.493 e. The Morgan fingerprint density at radius 2 is 2.21 bits per heavy atom. The molecule has 0 fully saturated rings. The first-order valence-electron chi connectivity index (χ1n) is 4.78. The van der Waals surface area contributed by atoms with Crippen LogP contribution in [0.25, 0.3) is 6.08 Å². The molecule has 0 heterocycles. The number of benzene rings is 1. The number of ether oxygens (including phenoxy) is 1. The van der Waals surface area contributed by atoms with Crippen LogP contribution in [0.1, 0.15) is 24.5 Å². The number of aryl methyl sites for hydroxylation is 1. The number of halogens is 1. The fourth-order valence-electron chi connectivity index (χ4n) is 1.22. The van der Waals surface area contributed by atoms with Crippen molar-refractivity contribution >= 4 is 22.0 Å². The van der Waals surface area contributed by atoms with Crippen molar-refractivity contribution in [3.63, 3.8) is 0 Å². The lowest BCUT2D eigenvalue weighted by Crippen LogP contribution is -1.96. The molecule has 0 aliphatic heterocycles. The van der Waals surface area contributed by atoms with Crippen molar-refractivity contribution in [1.82, 2.24) is 0 Å². The van der Waals surface area contributed by atoms with Gasteiger partial charge in [-0.2, -0.15) is 0 Å². The van der Waals surface area contributed by atoms with Crippen LogP contribution in [0.5, 0.6) is 5.75 Å². The molecule has 0 aliphatic carbocycles. The van der Waals surface area contributed by atoms with Crippen molar-refractivity contribution in [2.45, 2.75) is 20.3 Å². The second kappa shape index (κ2) is 5.86. The molecule has 0 amide bonds. The summed E-state index contributed by atoms with van der Waals surface area (Å²) in [5.74, 6) is 0.985. The van der Waals surface area contributed by atoms with E-state index in [9.17, 15) is 0 Å². The molecule has 1 aromatic carbocycles. The van der Waals surface area contributed by atoms with Crippen LogP contribution in [0.3, 0.4) is 0 Å². The molecule has 0 N–H and O–H groups in total. The molecule has 0 saturated heterocycles. The summed E-state index contributed by atoms with van der Waals surface area (Å²) < 4.78 is 5.58. The largest absolute Gasteiger partial charge is 0.493 e. The van der Waals surface area contributed by atoms with E-state index in [2.05, 4.69) is 41.9 Å². The molecule has 0 aromatic heterocycles. The molecule has 0 aliphatic rings. The molecule has 0 bridgehead atoms. The molecule has 0 unspecified atom stereocenters. The molecule has 1 rings (SSSR count). The molecule has 14 heavy (non-hydrogen) atoms. The second-order valence-corrected chi connectivity index (χ2v) is 3.69. The van der Waals surface area contributed by atoms with Crippen LogP contribution in [-0.4, -0.2) is 6.61 Å². The third-order valence-electron chi connectivity index (χ3n) is 1.92. The number of rotatable bonds is 4. The quantitative estimate of drug-likeness (QED) is 0.785. The third kappa shape index (κ3) is 3.18. The van der Waals surface area contributed by atoms with Crippen LogP contribution in [0, 0.1) is 6.92 Å². The van der Waals surface area contributed by atoms with Crippen molar-refractivity contribution in [3.05, 3.63) is 34.3 Å². The number of hydrogen-bond acceptors (Lipinski definition) is 1. The fraction of sp³-hybridized carbons (Fsp3) is 0.333. The highest BCUT2D eigenvalue weighted by atomic mass is 79.9. The maximum atomic E-state index is 5.58. The molecule has 0 saturated carbocycles. The summed E-state index contributed by atoms with van der Waals surface area (Å²) in [5, 5.41) is 0. The van der Waals surface area contributed by atoms with Crippen LogP contribution in [0.15, 0.2) is 23.2 Å². The predicted molar refractivity (Wildman–Crippen MR) is 64.9 cm³/mol. The van der Waals surface area contributed by atoms with Gasteiger partial charge in [-0.15, -0.1) is 0 Å². The summed E-state index contributed by atoms with van der Waals surface area (Å²) in [5.41, 5.74) is 2.37. The van der Waals surface area contributed by atoms with Crippen molar-refractivity contribution < 1.29 is 4.74 Å². The highest BCUT2D eigenvalue weighted by Gasteiger charge is 1.98. The molecule has 76 valence electrons. The van der Waals surface area contributed by atoms with Gasteiger partial charge in [-0.1, -0.05) is 28.9 Å². The first-order chi connectivity index (χ1) is 6.77. The van der Waals surface area contributed by atoms with Crippen molar-refractivity contribution in [1.29, 1.82) is 0 Å². The summed E-state index contributed by atoms with van der Waals surface area (Å²) in [6.45, 7) is 4.96. The van der Waals surface area contributed by atoms with Gasteiger partial charge in [0.25, 0.3) is 0 Å². The summed E-state index contributed by atoms with van der Waals surface area (Å²) in [6.07, 6.45) is 3.05. The van der Waals surface area contributed by atoms with Crippen molar-refractivity contribution in [2.24, 2.45) is 0 Å². The Labute approximate surface area is 93.9 Å². The van der Waals surface area contributed by atoms with Crippen molar-refractivity contribution in [2.75, 3.05) is 6.61 Å². The van der Waals surface area contributed by atoms with Crippen LogP contribution in [0.2, 0.25) is 0 Å². The van der Waals surface area contributed by atoms with Gasteiger partial charge in [0.05, 0.1) is 6.61 Å². The van der Waals surface area contributed by atoms with Gasteiger partial charge in [-0.05, 0) is 47.7 Å².